The number of carbonyl (C=O) groups is 1. The molecule has 5 heteroatoms. The molecule has 1 aliphatic rings. The van der Waals surface area contributed by atoms with Gasteiger partial charge in [0.1, 0.15) is 0 Å². The Balaban J connectivity index is 1.91. The van der Waals surface area contributed by atoms with Gasteiger partial charge in [0.25, 0.3) is 0 Å². The van der Waals surface area contributed by atoms with Crippen molar-refractivity contribution in [1.82, 2.24) is 9.88 Å². The van der Waals surface area contributed by atoms with E-state index in [4.69, 9.17) is 10.00 Å². The van der Waals surface area contributed by atoms with Gasteiger partial charge in [0, 0.05) is 26.0 Å². The van der Waals surface area contributed by atoms with E-state index >= 15 is 0 Å². The molecule has 1 aromatic rings. The van der Waals surface area contributed by atoms with E-state index in [1.165, 1.54) is 0 Å². The monoisotopic (exact) mass is 245 g/mol. The Hall–Kier alpha value is -1.93. The first-order chi connectivity index (χ1) is 8.68. The third-order valence-corrected chi connectivity index (χ3v) is 3.13. The largest absolute Gasteiger partial charge is 0.377 e. The number of carbonyl (C=O) groups excluding carboxylic acids is 1. The second-order valence-electron chi connectivity index (χ2n) is 4.52. The lowest BCUT2D eigenvalue weighted by Gasteiger charge is -2.36. The Morgan fingerprint density at radius 1 is 1.67 bits per heavy atom. The number of pyridine rings is 1. The lowest BCUT2D eigenvalue weighted by atomic mass is 9.86. The van der Waals surface area contributed by atoms with E-state index in [1.54, 1.807) is 24.3 Å². The Morgan fingerprint density at radius 3 is 2.94 bits per heavy atom. The first kappa shape index (κ1) is 12.5. The molecule has 0 aliphatic carbocycles. The number of hydrogen-bond acceptors (Lipinski definition) is 4. The summed E-state index contributed by atoms with van der Waals surface area (Å²) < 4.78 is 4.98. The van der Waals surface area contributed by atoms with Gasteiger partial charge in [0.2, 0.25) is 5.91 Å². The number of aromatic nitrogens is 1. The second-order valence-corrected chi connectivity index (χ2v) is 4.52. The van der Waals surface area contributed by atoms with E-state index in [2.05, 4.69) is 11.1 Å². The lowest BCUT2D eigenvalue weighted by Crippen LogP contribution is -2.53. The molecule has 0 bridgehead atoms. The molecule has 1 amide bonds. The number of rotatable bonds is 4. The number of hydrogen-bond donors (Lipinski definition) is 0. The summed E-state index contributed by atoms with van der Waals surface area (Å²) in [5, 5.41) is 9.05. The summed E-state index contributed by atoms with van der Waals surface area (Å²) in [6, 6.07) is 5.90. The van der Waals surface area contributed by atoms with Crippen molar-refractivity contribution in [2.75, 3.05) is 26.8 Å². The van der Waals surface area contributed by atoms with Gasteiger partial charge in [-0.3, -0.25) is 9.78 Å². The standard InChI is InChI=1S/C13H15N3O2/c1-16(6-4-11-3-2-5-15-7-11)12(17)13(8-14)9-18-10-13/h2-3,5,7H,4,6,9-10H2,1H3. The highest BCUT2D eigenvalue weighted by Gasteiger charge is 2.47. The molecule has 18 heavy (non-hydrogen) atoms. The van der Waals surface area contributed by atoms with Crippen molar-refractivity contribution < 1.29 is 9.53 Å². The predicted octanol–water partition coefficient (Wildman–Crippen LogP) is 0.623. The van der Waals surface area contributed by atoms with Crippen molar-refractivity contribution in [3.05, 3.63) is 30.1 Å². The van der Waals surface area contributed by atoms with Gasteiger partial charge >= 0.3 is 0 Å². The number of ether oxygens (including phenoxy) is 1. The maximum atomic E-state index is 12.1. The summed E-state index contributed by atoms with van der Waals surface area (Å²) in [4.78, 5) is 17.7. The zero-order valence-corrected chi connectivity index (χ0v) is 10.3. The number of nitrogens with zero attached hydrogens (tertiary/aromatic N) is 3. The van der Waals surface area contributed by atoms with Crippen molar-refractivity contribution >= 4 is 5.91 Å². The van der Waals surface area contributed by atoms with Crippen LogP contribution in [0.2, 0.25) is 0 Å². The fraction of sp³-hybridized carbons (Fsp3) is 0.462. The maximum Gasteiger partial charge on any atom is 0.247 e. The highest BCUT2D eigenvalue weighted by Crippen LogP contribution is 2.28. The van der Waals surface area contributed by atoms with Crippen LogP contribution in [0, 0.1) is 16.7 Å². The normalized spacial score (nSPS) is 16.4. The molecule has 0 saturated carbocycles. The summed E-state index contributed by atoms with van der Waals surface area (Å²) in [5.74, 6) is -0.153. The molecule has 94 valence electrons. The topological polar surface area (TPSA) is 66.2 Å². The van der Waals surface area contributed by atoms with Crippen molar-refractivity contribution in [1.29, 1.82) is 5.26 Å². The van der Waals surface area contributed by atoms with Crippen LogP contribution in [-0.4, -0.2) is 42.6 Å². The van der Waals surface area contributed by atoms with Crippen molar-refractivity contribution in [3.8, 4) is 6.07 Å². The molecule has 1 aromatic heterocycles. The van der Waals surface area contributed by atoms with E-state index in [-0.39, 0.29) is 19.1 Å². The molecule has 1 saturated heterocycles. The molecule has 2 rings (SSSR count). The Labute approximate surface area is 106 Å². The van der Waals surface area contributed by atoms with E-state index < -0.39 is 5.41 Å². The van der Waals surface area contributed by atoms with Crippen LogP contribution in [0.5, 0.6) is 0 Å². The second kappa shape index (κ2) is 5.15. The lowest BCUT2D eigenvalue weighted by molar-refractivity contribution is -0.159. The molecule has 0 spiro atoms. The summed E-state index contributed by atoms with van der Waals surface area (Å²) in [7, 11) is 1.72. The minimum absolute atomic E-state index is 0.153. The van der Waals surface area contributed by atoms with Gasteiger partial charge in [-0.25, -0.2) is 0 Å². The van der Waals surface area contributed by atoms with Gasteiger partial charge in [-0.1, -0.05) is 6.07 Å². The van der Waals surface area contributed by atoms with Gasteiger partial charge in [-0.05, 0) is 18.1 Å². The first-order valence-corrected chi connectivity index (χ1v) is 5.81. The quantitative estimate of drug-likeness (QED) is 0.780. The van der Waals surface area contributed by atoms with Crippen molar-refractivity contribution in [2.45, 2.75) is 6.42 Å². The third kappa shape index (κ3) is 2.34. The van der Waals surface area contributed by atoms with Crippen LogP contribution in [0.25, 0.3) is 0 Å². The molecule has 0 N–H and O–H groups in total. The molecule has 5 nitrogen and oxygen atoms in total. The van der Waals surface area contributed by atoms with Gasteiger partial charge < -0.3 is 9.64 Å². The molecule has 0 unspecified atom stereocenters. The Bertz CT molecular complexity index is 463. The van der Waals surface area contributed by atoms with Crippen molar-refractivity contribution in [3.63, 3.8) is 0 Å². The molecule has 0 atom stereocenters. The zero-order chi connectivity index (χ0) is 13.0. The van der Waals surface area contributed by atoms with Crippen molar-refractivity contribution in [2.24, 2.45) is 5.41 Å². The molecule has 2 heterocycles. The van der Waals surface area contributed by atoms with Gasteiger partial charge in [-0.15, -0.1) is 0 Å². The van der Waals surface area contributed by atoms with Crippen LogP contribution < -0.4 is 0 Å². The minimum Gasteiger partial charge on any atom is -0.377 e. The van der Waals surface area contributed by atoms with Crippen LogP contribution in [0.4, 0.5) is 0 Å². The van der Waals surface area contributed by atoms with Gasteiger partial charge in [0.15, 0.2) is 5.41 Å². The van der Waals surface area contributed by atoms with Crippen LogP contribution in [-0.2, 0) is 16.0 Å². The smallest absolute Gasteiger partial charge is 0.247 e. The summed E-state index contributed by atoms with van der Waals surface area (Å²) in [6.07, 6.45) is 4.23. The fourth-order valence-corrected chi connectivity index (χ4v) is 1.85. The average Bonchev–Trinajstić information content (AvgIpc) is 2.36. The van der Waals surface area contributed by atoms with E-state index in [1.807, 2.05) is 12.1 Å². The van der Waals surface area contributed by atoms with Crippen LogP contribution in [0.1, 0.15) is 5.56 Å². The van der Waals surface area contributed by atoms with E-state index in [9.17, 15) is 4.79 Å². The predicted molar refractivity (Wildman–Crippen MR) is 64.4 cm³/mol. The average molecular weight is 245 g/mol. The Morgan fingerprint density at radius 2 is 2.44 bits per heavy atom. The summed E-state index contributed by atoms with van der Waals surface area (Å²) >= 11 is 0. The van der Waals surface area contributed by atoms with Crippen LogP contribution in [0.3, 0.4) is 0 Å². The summed E-state index contributed by atoms with van der Waals surface area (Å²) in [6.45, 7) is 0.993. The van der Waals surface area contributed by atoms with E-state index in [0.29, 0.717) is 6.54 Å². The van der Waals surface area contributed by atoms with Crippen LogP contribution in [0.15, 0.2) is 24.5 Å². The molecule has 0 aromatic carbocycles. The molecular weight excluding hydrogens is 230 g/mol. The maximum absolute atomic E-state index is 12.1. The highest BCUT2D eigenvalue weighted by atomic mass is 16.5. The Kier molecular flexibility index (Phi) is 3.58. The van der Waals surface area contributed by atoms with Gasteiger partial charge in [0.05, 0.1) is 19.3 Å². The fourth-order valence-electron chi connectivity index (χ4n) is 1.85. The molecular formula is C13H15N3O2. The molecule has 1 aliphatic heterocycles. The summed E-state index contributed by atoms with van der Waals surface area (Å²) in [5.41, 5.74) is 0.122. The number of amides is 1. The molecule has 0 radical (unpaired) electrons. The molecule has 1 fully saturated rings. The minimum atomic E-state index is -0.955. The first-order valence-electron chi connectivity index (χ1n) is 5.81. The SMILES string of the molecule is CN(CCc1cccnc1)C(=O)C1(C#N)COC1. The van der Waals surface area contributed by atoms with Crippen LogP contribution >= 0.6 is 0 Å². The zero-order valence-electron chi connectivity index (χ0n) is 10.3. The number of likely N-dealkylation sites (N-methyl/N-ethyl adjacent to an activating group) is 1. The highest BCUT2D eigenvalue weighted by molar-refractivity contribution is 5.86. The number of nitriles is 1. The van der Waals surface area contributed by atoms with Gasteiger partial charge in [-0.2, -0.15) is 5.26 Å². The third-order valence-electron chi connectivity index (χ3n) is 3.13. The van der Waals surface area contributed by atoms with E-state index in [0.717, 1.165) is 12.0 Å².